The summed E-state index contributed by atoms with van der Waals surface area (Å²) in [6, 6.07) is 7.70. The van der Waals surface area contributed by atoms with E-state index in [1.54, 1.807) is 12.1 Å². The lowest BCUT2D eigenvalue weighted by Gasteiger charge is -2.25. The number of benzene rings is 1. The van der Waals surface area contributed by atoms with Crippen molar-refractivity contribution in [2.75, 3.05) is 0 Å². The highest BCUT2D eigenvalue weighted by Gasteiger charge is 2.20. The van der Waals surface area contributed by atoms with Crippen LogP contribution in [0.25, 0.3) is 0 Å². The van der Waals surface area contributed by atoms with Gasteiger partial charge in [-0.15, -0.1) is 0 Å². The molecule has 0 atom stereocenters. The molecule has 1 aromatic carbocycles. The summed E-state index contributed by atoms with van der Waals surface area (Å²) >= 11 is 0. The molecule has 1 amide bonds. The fourth-order valence-electron chi connectivity index (χ4n) is 2.11. The molecule has 3 N–H and O–H groups in total. The number of amides is 1. The highest BCUT2D eigenvalue weighted by molar-refractivity contribution is 5.93. The van der Waals surface area contributed by atoms with Crippen molar-refractivity contribution in [3.63, 3.8) is 0 Å². The Morgan fingerprint density at radius 1 is 1.22 bits per heavy atom. The molecule has 0 radical (unpaired) electrons. The zero-order valence-corrected chi connectivity index (χ0v) is 10.7. The maximum atomic E-state index is 11.8. The van der Waals surface area contributed by atoms with Crippen molar-refractivity contribution in [3.05, 3.63) is 35.4 Å². The molecule has 0 unspecified atom stereocenters. The Morgan fingerprint density at radius 2 is 1.83 bits per heavy atom. The van der Waals surface area contributed by atoms with E-state index in [0.717, 1.165) is 31.2 Å². The Hall–Kier alpha value is -1.39. The van der Waals surface area contributed by atoms with Gasteiger partial charge in [-0.2, -0.15) is 0 Å². The van der Waals surface area contributed by atoms with Crippen LogP contribution in [0.15, 0.2) is 24.3 Å². The molecule has 0 heterocycles. The molecule has 4 nitrogen and oxygen atoms in total. The summed E-state index contributed by atoms with van der Waals surface area (Å²) in [6.07, 6.45) is 3.85. The normalized spacial score (nSPS) is 23.7. The molecule has 2 rings (SSSR count). The average molecular weight is 248 g/mol. The first-order valence-electron chi connectivity index (χ1n) is 6.43. The predicted molar refractivity (Wildman–Crippen MR) is 70.0 cm³/mol. The van der Waals surface area contributed by atoms with Crippen LogP contribution in [-0.4, -0.2) is 18.1 Å². The second-order valence-electron chi connectivity index (χ2n) is 4.95. The maximum Gasteiger partial charge on any atom is 0.274 e. The van der Waals surface area contributed by atoms with Gasteiger partial charge in [0.25, 0.3) is 5.91 Å². The van der Waals surface area contributed by atoms with Gasteiger partial charge in [0.05, 0.1) is 6.10 Å². The molecule has 0 spiro atoms. The lowest BCUT2D eigenvalue weighted by Crippen LogP contribution is -2.35. The minimum atomic E-state index is -0.190. The molecular formula is C14H20N2O2. The van der Waals surface area contributed by atoms with E-state index in [9.17, 15) is 4.79 Å². The topological polar surface area (TPSA) is 64.3 Å². The molecule has 0 saturated heterocycles. The maximum absolute atomic E-state index is 11.8. The number of aryl methyl sites for hydroxylation is 1. The van der Waals surface area contributed by atoms with E-state index in [1.165, 1.54) is 0 Å². The smallest absolute Gasteiger partial charge is 0.274 e. The van der Waals surface area contributed by atoms with E-state index in [4.69, 9.17) is 10.6 Å². The van der Waals surface area contributed by atoms with E-state index in [1.807, 2.05) is 19.1 Å². The van der Waals surface area contributed by atoms with Crippen LogP contribution < -0.4 is 11.2 Å². The van der Waals surface area contributed by atoms with Crippen LogP contribution in [0.5, 0.6) is 0 Å². The highest BCUT2D eigenvalue weighted by Crippen LogP contribution is 2.19. The third-order valence-electron chi connectivity index (χ3n) is 3.35. The summed E-state index contributed by atoms with van der Waals surface area (Å²) in [5.74, 6) is -0.190. The van der Waals surface area contributed by atoms with Crippen LogP contribution in [0.3, 0.4) is 0 Å². The SMILES string of the molecule is Cc1ccc(C(=O)NOC2CCC(N)CC2)cc1. The Kier molecular flexibility index (Phi) is 4.33. The van der Waals surface area contributed by atoms with Crippen molar-refractivity contribution in [3.8, 4) is 0 Å². The summed E-state index contributed by atoms with van der Waals surface area (Å²) in [7, 11) is 0. The molecule has 4 heteroatoms. The summed E-state index contributed by atoms with van der Waals surface area (Å²) < 4.78 is 0. The molecule has 18 heavy (non-hydrogen) atoms. The van der Waals surface area contributed by atoms with Gasteiger partial charge >= 0.3 is 0 Å². The number of hydrogen-bond donors (Lipinski definition) is 2. The van der Waals surface area contributed by atoms with Crippen LogP contribution in [0.1, 0.15) is 41.6 Å². The van der Waals surface area contributed by atoms with Crippen LogP contribution in [-0.2, 0) is 4.84 Å². The standard InChI is InChI=1S/C14H20N2O2/c1-10-2-4-11(5-3-10)14(17)16-18-13-8-6-12(15)7-9-13/h2-5,12-13H,6-9,15H2,1H3,(H,16,17). The van der Waals surface area contributed by atoms with Gasteiger partial charge in [0.2, 0.25) is 0 Å². The lowest BCUT2D eigenvalue weighted by atomic mass is 9.94. The van der Waals surface area contributed by atoms with Crippen molar-refractivity contribution in [2.45, 2.75) is 44.8 Å². The summed E-state index contributed by atoms with van der Waals surface area (Å²) in [6.45, 7) is 1.99. The molecule has 0 aromatic heterocycles. The zero-order valence-electron chi connectivity index (χ0n) is 10.7. The Balaban J connectivity index is 1.79. The van der Waals surface area contributed by atoms with Crippen molar-refractivity contribution >= 4 is 5.91 Å². The van der Waals surface area contributed by atoms with Gasteiger partial charge in [-0.1, -0.05) is 17.7 Å². The molecular weight excluding hydrogens is 228 g/mol. The third kappa shape index (κ3) is 3.55. The predicted octanol–water partition coefficient (Wildman–Crippen LogP) is 1.93. The Bertz CT molecular complexity index is 395. The molecule has 1 aromatic rings. The summed E-state index contributed by atoms with van der Waals surface area (Å²) in [5.41, 5.74) is 10.1. The fourth-order valence-corrected chi connectivity index (χ4v) is 2.11. The van der Waals surface area contributed by atoms with Crippen molar-refractivity contribution < 1.29 is 9.63 Å². The fraction of sp³-hybridized carbons (Fsp3) is 0.500. The van der Waals surface area contributed by atoms with Gasteiger partial charge in [-0.05, 0) is 44.7 Å². The Morgan fingerprint density at radius 3 is 2.44 bits per heavy atom. The molecule has 1 aliphatic rings. The lowest BCUT2D eigenvalue weighted by molar-refractivity contribution is -0.0331. The number of hydrogen-bond acceptors (Lipinski definition) is 3. The zero-order chi connectivity index (χ0) is 13.0. The quantitative estimate of drug-likeness (QED) is 0.803. The van der Waals surface area contributed by atoms with Gasteiger partial charge in [-0.3, -0.25) is 9.63 Å². The minimum absolute atomic E-state index is 0.0965. The largest absolute Gasteiger partial charge is 0.328 e. The van der Waals surface area contributed by atoms with Crippen LogP contribution >= 0.6 is 0 Å². The third-order valence-corrected chi connectivity index (χ3v) is 3.35. The first-order valence-corrected chi connectivity index (χ1v) is 6.43. The van der Waals surface area contributed by atoms with E-state index < -0.39 is 0 Å². The Labute approximate surface area is 107 Å². The molecule has 0 bridgehead atoms. The van der Waals surface area contributed by atoms with Gasteiger partial charge in [0.15, 0.2) is 0 Å². The summed E-state index contributed by atoms with van der Waals surface area (Å²) in [4.78, 5) is 17.2. The number of rotatable bonds is 3. The van der Waals surface area contributed by atoms with Gasteiger partial charge in [0.1, 0.15) is 0 Å². The van der Waals surface area contributed by atoms with Crippen LogP contribution in [0.4, 0.5) is 0 Å². The van der Waals surface area contributed by atoms with Gasteiger partial charge < -0.3 is 5.73 Å². The van der Waals surface area contributed by atoms with Crippen molar-refractivity contribution in [2.24, 2.45) is 5.73 Å². The monoisotopic (exact) mass is 248 g/mol. The first-order chi connectivity index (χ1) is 8.65. The number of carbonyl (C=O) groups is 1. The minimum Gasteiger partial charge on any atom is -0.328 e. The number of nitrogens with one attached hydrogen (secondary N) is 1. The molecule has 98 valence electrons. The average Bonchev–Trinajstić information content (AvgIpc) is 2.38. The number of hydroxylamine groups is 1. The second kappa shape index (κ2) is 5.98. The van der Waals surface area contributed by atoms with Crippen LogP contribution in [0.2, 0.25) is 0 Å². The van der Waals surface area contributed by atoms with E-state index >= 15 is 0 Å². The first kappa shape index (κ1) is 13.1. The van der Waals surface area contributed by atoms with Crippen molar-refractivity contribution in [1.82, 2.24) is 5.48 Å². The number of nitrogens with two attached hydrogens (primary N) is 1. The highest BCUT2D eigenvalue weighted by atomic mass is 16.7. The van der Waals surface area contributed by atoms with E-state index in [2.05, 4.69) is 5.48 Å². The summed E-state index contributed by atoms with van der Waals surface area (Å²) in [5, 5.41) is 0. The van der Waals surface area contributed by atoms with Gasteiger partial charge in [-0.25, -0.2) is 5.48 Å². The molecule has 1 aliphatic carbocycles. The van der Waals surface area contributed by atoms with Crippen molar-refractivity contribution in [1.29, 1.82) is 0 Å². The number of carbonyl (C=O) groups excluding carboxylic acids is 1. The molecule has 1 fully saturated rings. The van der Waals surface area contributed by atoms with E-state index in [-0.39, 0.29) is 18.1 Å². The van der Waals surface area contributed by atoms with Gasteiger partial charge in [0, 0.05) is 11.6 Å². The molecule has 1 saturated carbocycles. The van der Waals surface area contributed by atoms with E-state index in [0.29, 0.717) is 5.56 Å². The van der Waals surface area contributed by atoms with Crippen LogP contribution in [0, 0.1) is 6.92 Å². The second-order valence-corrected chi connectivity index (χ2v) is 4.95. The molecule has 0 aliphatic heterocycles.